The van der Waals surface area contributed by atoms with Gasteiger partial charge in [0.15, 0.2) is 0 Å². The van der Waals surface area contributed by atoms with Gasteiger partial charge in [0.1, 0.15) is 0 Å². The molecule has 0 atom stereocenters. The Labute approximate surface area is 91.1 Å². The van der Waals surface area contributed by atoms with Crippen LogP contribution in [0.3, 0.4) is 0 Å². The molecule has 0 spiro atoms. The standard InChI is InChI=1S/Co.Mn.Na.Ni.2H2O.2O.H/h;;;;2*1H2;;;/q;+2;;;;;;;/p-2. The van der Waals surface area contributed by atoms with Crippen LogP contribution < -0.4 is 0 Å². The van der Waals surface area contributed by atoms with Crippen LogP contribution in [-0.2, 0) is 54.3 Å². The first-order valence-corrected chi connectivity index (χ1v) is 2.67. The zero-order chi connectivity index (χ0) is 4.50. The van der Waals surface area contributed by atoms with Gasteiger partial charge in [-0.15, -0.1) is 0 Å². The van der Waals surface area contributed by atoms with Gasteiger partial charge in [-0.05, 0) is 0 Å². The van der Waals surface area contributed by atoms with Crippen molar-refractivity contribution in [3.8, 4) is 0 Å². The van der Waals surface area contributed by atoms with Crippen molar-refractivity contribution >= 4 is 29.6 Å². The molecule has 8 heteroatoms. The fourth-order valence-corrected chi connectivity index (χ4v) is 0. The van der Waals surface area contributed by atoms with Gasteiger partial charge in [-0.2, -0.15) is 0 Å². The Balaban J connectivity index is -0.0000000267. The summed E-state index contributed by atoms with van der Waals surface area (Å²) < 4.78 is 31.8. The predicted octanol–water partition coefficient (Wildman–Crippen LogP) is -2.01. The van der Waals surface area contributed by atoms with E-state index >= 15 is 0 Å². The number of hydrogen-bond donors (Lipinski definition) is 2. The third kappa shape index (κ3) is 95.8. The third-order valence-electron chi connectivity index (χ3n) is 0. The minimum atomic E-state index is -5.12. The summed E-state index contributed by atoms with van der Waals surface area (Å²) in [7, 11) is 0. The molecule has 0 rings (SSSR count). The third-order valence-corrected chi connectivity index (χ3v) is 0. The zero-order valence-electron chi connectivity index (χ0n) is 2.74. The van der Waals surface area contributed by atoms with E-state index in [9.17, 15) is 0 Å². The molecule has 0 aromatic heterocycles. The topological polar surface area (TPSA) is 74.6 Å². The van der Waals surface area contributed by atoms with Gasteiger partial charge >= 0.3 is 59.0 Å². The van der Waals surface area contributed by atoms with Crippen molar-refractivity contribution in [2.24, 2.45) is 0 Å². The molecule has 0 aromatic rings. The van der Waals surface area contributed by atoms with Gasteiger partial charge in [0, 0.05) is 33.3 Å². The van der Waals surface area contributed by atoms with Crippen LogP contribution in [0, 0.1) is 0 Å². The molecule has 0 heterocycles. The maximum absolute atomic E-state index is 8.80. The van der Waals surface area contributed by atoms with Crippen molar-refractivity contribution < 1.29 is 62.7 Å². The Bertz CT molecular complexity index is 99.2. The average Bonchev–Trinajstić information content (AvgIpc) is 0.722. The molecule has 0 saturated heterocycles. The second kappa shape index (κ2) is 9.04. The molecule has 4 nitrogen and oxygen atoms in total. The Morgan fingerprint density at radius 2 is 1.12 bits per heavy atom. The van der Waals surface area contributed by atoms with E-state index in [1.165, 1.54) is 0 Å². The SMILES string of the molecule is [Co].[NaH].[Ni].[O]=[Mn](=[O])([OH])[OH]. The van der Waals surface area contributed by atoms with E-state index < -0.39 is 13.4 Å². The predicted molar refractivity (Wildman–Crippen MR) is 13.0 cm³/mol. The fourth-order valence-electron chi connectivity index (χ4n) is 0. The van der Waals surface area contributed by atoms with E-state index in [0.717, 1.165) is 0 Å². The summed E-state index contributed by atoms with van der Waals surface area (Å²) >= 11 is -5.12. The Morgan fingerprint density at radius 3 is 1.12 bits per heavy atom. The van der Waals surface area contributed by atoms with E-state index in [1.807, 2.05) is 0 Å². The second-order valence-corrected chi connectivity index (χ2v) is 1.71. The maximum atomic E-state index is 8.80. The zero-order valence-corrected chi connectivity index (χ0v) is 5.95. The van der Waals surface area contributed by atoms with Crippen LogP contribution in [0.15, 0.2) is 0 Å². The first kappa shape index (κ1) is 22.5. The summed E-state index contributed by atoms with van der Waals surface area (Å²) in [6.45, 7) is 0. The molecule has 0 aliphatic carbocycles. The van der Waals surface area contributed by atoms with Crippen LogP contribution in [0.2, 0.25) is 0 Å². The van der Waals surface area contributed by atoms with Crippen molar-refractivity contribution in [3.05, 3.63) is 0 Å². The van der Waals surface area contributed by atoms with Crippen LogP contribution >= 0.6 is 0 Å². The van der Waals surface area contributed by atoms with E-state index in [2.05, 4.69) is 0 Å². The molecule has 0 aromatic carbocycles. The van der Waals surface area contributed by atoms with E-state index in [1.54, 1.807) is 0 Å². The van der Waals surface area contributed by atoms with Crippen molar-refractivity contribution in [2.45, 2.75) is 0 Å². The van der Waals surface area contributed by atoms with Gasteiger partial charge in [0.2, 0.25) is 0 Å². The van der Waals surface area contributed by atoms with E-state index in [4.69, 9.17) is 16.0 Å². The summed E-state index contributed by atoms with van der Waals surface area (Å²) in [5.41, 5.74) is 0. The molecule has 0 unspecified atom stereocenters. The summed E-state index contributed by atoms with van der Waals surface area (Å²) in [4.78, 5) is 0. The molecule has 54 valence electrons. The Hall–Kier alpha value is 2.04. The molecule has 2 N–H and O–H groups in total. The van der Waals surface area contributed by atoms with Gasteiger partial charge in [0.05, 0.1) is 0 Å². The van der Waals surface area contributed by atoms with E-state index in [-0.39, 0.29) is 62.8 Å². The molecule has 0 aliphatic rings. The molecular weight excluding hydrogens is 260 g/mol. The van der Waals surface area contributed by atoms with Crippen molar-refractivity contribution in [1.82, 2.24) is 0 Å². The van der Waals surface area contributed by atoms with Crippen molar-refractivity contribution in [3.63, 3.8) is 0 Å². The molecule has 0 saturated carbocycles. The molecule has 0 aliphatic heterocycles. The first-order valence-electron chi connectivity index (χ1n) is 0.647. The van der Waals surface area contributed by atoms with Gasteiger partial charge in [-0.25, -0.2) is 0 Å². The van der Waals surface area contributed by atoms with Gasteiger partial charge in [0.25, 0.3) is 0 Å². The van der Waals surface area contributed by atoms with Crippen molar-refractivity contribution in [1.29, 1.82) is 0 Å². The average molecular weight is 263 g/mol. The molecule has 1 radical (unpaired) electrons. The quantitative estimate of drug-likeness (QED) is 0.495. The van der Waals surface area contributed by atoms with Crippen LogP contribution in [0.5, 0.6) is 0 Å². The molecule has 0 amide bonds. The molecule has 0 fully saturated rings. The normalized spacial score (nSPS) is 7.25. The molecule has 0 bridgehead atoms. The van der Waals surface area contributed by atoms with Crippen LogP contribution in [0.1, 0.15) is 0 Å². The first-order chi connectivity index (χ1) is 2.00. The summed E-state index contributed by atoms with van der Waals surface area (Å²) in [6, 6.07) is 0. The monoisotopic (exact) mass is 262 g/mol. The number of rotatable bonds is 0. The van der Waals surface area contributed by atoms with Gasteiger partial charge in [-0.3, -0.25) is 0 Å². The van der Waals surface area contributed by atoms with Crippen LogP contribution in [0.4, 0.5) is 0 Å². The summed E-state index contributed by atoms with van der Waals surface area (Å²) in [6.07, 6.45) is 0. The second-order valence-electron chi connectivity index (χ2n) is 0.415. The van der Waals surface area contributed by atoms with Gasteiger partial charge < -0.3 is 0 Å². The van der Waals surface area contributed by atoms with Crippen molar-refractivity contribution in [2.75, 3.05) is 0 Å². The molecular formula is H3CoMnNaNiO4. The molecule has 8 heavy (non-hydrogen) atoms. The summed E-state index contributed by atoms with van der Waals surface area (Å²) in [5.74, 6) is 0. The number of hydrogen-bond acceptors (Lipinski definition) is 2. The Kier molecular flexibility index (Phi) is 25.4. The Morgan fingerprint density at radius 1 is 1.12 bits per heavy atom. The fraction of sp³-hybridized carbons (Fsp3) is 0. The summed E-state index contributed by atoms with van der Waals surface area (Å²) in [5, 5.41) is 0. The van der Waals surface area contributed by atoms with E-state index in [0.29, 0.717) is 0 Å². The minimum absolute atomic E-state index is 0. The van der Waals surface area contributed by atoms with Gasteiger partial charge in [-0.1, -0.05) is 0 Å². The van der Waals surface area contributed by atoms with Crippen LogP contribution in [-0.4, -0.2) is 37.9 Å². The van der Waals surface area contributed by atoms with Crippen LogP contribution in [0.25, 0.3) is 0 Å².